The van der Waals surface area contributed by atoms with E-state index in [0.717, 1.165) is 42.0 Å². The Kier molecular flexibility index (Phi) is 7.23. The molecule has 1 amide bonds. The molecule has 0 unspecified atom stereocenters. The van der Waals surface area contributed by atoms with E-state index in [4.69, 9.17) is 11.6 Å². The first-order chi connectivity index (χ1) is 17.3. The highest BCUT2D eigenvalue weighted by molar-refractivity contribution is 6.46. The van der Waals surface area contributed by atoms with Gasteiger partial charge in [-0.25, -0.2) is 0 Å². The van der Waals surface area contributed by atoms with Gasteiger partial charge in [0.05, 0.1) is 17.6 Å². The summed E-state index contributed by atoms with van der Waals surface area (Å²) in [6.07, 6.45) is -9.47. The third kappa shape index (κ3) is 6.25. The Labute approximate surface area is 213 Å². The molecule has 0 radical (unpaired) electrons. The number of alkyl halides is 6. The smallest absolute Gasteiger partial charge is 0.406 e. The zero-order valence-electron chi connectivity index (χ0n) is 19.1. The van der Waals surface area contributed by atoms with Gasteiger partial charge in [0.1, 0.15) is 11.5 Å². The number of anilines is 1. The van der Waals surface area contributed by atoms with E-state index in [2.05, 4.69) is 9.73 Å². The molecule has 0 aliphatic carbocycles. The Bertz CT molecular complexity index is 1300. The molecule has 194 valence electrons. The van der Waals surface area contributed by atoms with E-state index >= 15 is 0 Å². The predicted molar refractivity (Wildman–Crippen MR) is 127 cm³/mol. The van der Waals surface area contributed by atoms with E-state index in [-0.39, 0.29) is 17.8 Å². The largest absolute Gasteiger partial charge is 0.573 e. The van der Waals surface area contributed by atoms with Crippen molar-refractivity contribution < 1.29 is 35.9 Å². The topological polar surface area (TPSA) is 41.9 Å². The van der Waals surface area contributed by atoms with Gasteiger partial charge >= 0.3 is 12.5 Å². The fraction of sp³-hybridized carbons (Fsp3) is 0.231. The highest BCUT2D eigenvalue weighted by Crippen LogP contribution is 2.39. The summed E-state index contributed by atoms with van der Waals surface area (Å²) in [5, 5.41) is 0.523. The van der Waals surface area contributed by atoms with Crippen molar-refractivity contribution >= 4 is 28.9 Å². The minimum Gasteiger partial charge on any atom is -0.406 e. The van der Waals surface area contributed by atoms with Gasteiger partial charge in [0.15, 0.2) is 0 Å². The number of hydrogen-bond donors (Lipinski definition) is 0. The van der Waals surface area contributed by atoms with E-state index in [9.17, 15) is 31.1 Å². The number of carbonyl (C=O) groups excluding carboxylic acids is 1. The minimum atomic E-state index is -4.92. The van der Waals surface area contributed by atoms with Crippen molar-refractivity contribution in [3.05, 3.63) is 94.5 Å². The van der Waals surface area contributed by atoms with Crippen LogP contribution in [0.4, 0.5) is 32.0 Å². The van der Waals surface area contributed by atoms with Crippen molar-refractivity contribution in [1.82, 2.24) is 0 Å². The molecule has 2 atom stereocenters. The Morgan fingerprint density at radius 2 is 1.62 bits per heavy atom. The summed E-state index contributed by atoms with van der Waals surface area (Å²) in [5.41, 5.74) is 0.461. The van der Waals surface area contributed by atoms with Gasteiger partial charge < -0.3 is 4.74 Å². The lowest BCUT2D eigenvalue weighted by Gasteiger charge is -2.25. The number of amides is 1. The highest BCUT2D eigenvalue weighted by Gasteiger charge is 2.40. The van der Waals surface area contributed by atoms with Crippen LogP contribution in [-0.2, 0) is 11.0 Å². The van der Waals surface area contributed by atoms with Gasteiger partial charge in [-0.1, -0.05) is 35.9 Å². The summed E-state index contributed by atoms with van der Waals surface area (Å²) in [4.78, 5) is 19.2. The van der Waals surface area contributed by atoms with Crippen molar-refractivity contribution in [2.75, 3.05) is 4.90 Å². The maximum Gasteiger partial charge on any atom is 0.573 e. The first-order valence-electron chi connectivity index (χ1n) is 11.0. The maximum atomic E-state index is 13.4. The Morgan fingerprint density at radius 1 is 0.973 bits per heavy atom. The van der Waals surface area contributed by atoms with Gasteiger partial charge in [0.2, 0.25) is 0 Å². The molecule has 3 aromatic rings. The summed E-state index contributed by atoms with van der Waals surface area (Å²) < 4.78 is 81.6. The summed E-state index contributed by atoms with van der Waals surface area (Å²) >= 11 is 5.93. The molecule has 1 aliphatic heterocycles. The van der Waals surface area contributed by atoms with E-state index in [1.54, 1.807) is 31.2 Å². The molecular formula is C26H19ClF6N2O2. The van der Waals surface area contributed by atoms with Gasteiger partial charge in [-0.15, -0.1) is 13.2 Å². The second-order valence-corrected chi connectivity index (χ2v) is 8.80. The van der Waals surface area contributed by atoms with Crippen LogP contribution in [0.2, 0.25) is 5.02 Å². The lowest BCUT2D eigenvalue weighted by Crippen LogP contribution is -2.29. The van der Waals surface area contributed by atoms with Crippen molar-refractivity contribution in [3.63, 3.8) is 0 Å². The fourth-order valence-corrected chi connectivity index (χ4v) is 4.22. The molecular weight excluding hydrogens is 522 g/mol. The number of aliphatic imine (C=N–C) groups is 1. The number of ether oxygens (including phenoxy) is 1. The van der Waals surface area contributed by atoms with Crippen molar-refractivity contribution in [1.29, 1.82) is 0 Å². The number of benzene rings is 3. The third-order valence-corrected chi connectivity index (χ3v) is 6.07. The summed E-state index contributed by atoms with van der Waals surface area (Å²) in [7, 11) is 0. The summed E-state index contributed by atoms with van der Waals surface area (Å²) in [6.45, 7) is 1.76. The lowest BCUT2D eigenvalue weighted by molar-refractivity contribution is -0.274. The van der Waals surface area contributed by atoms with Crippen LogP contribution < -0.4 is 9.64 Å². The lowest BCUT2D eigenvalue weighted by atomic mass is 10.0. The number of rotatable bonds is 5. The SMILES string of the molecule is C[C@@H](N=C1C[C@H](c2cccc(OC(F)(F)F)c2)N(c2ccc(C(F)(F)F)cc2)C1=O)c1ccc(Cl)cc1. The molecule has 1 fully saturated rings. The van der Waals surface area contributed by atoms with Gasteiger partial charge in [-0.05, 0) is 66.6 Å². The number of halogens is 7. The van der Waals surface area contributed by atoms with Crippen LogP contribution in [0.3, 0.4) is 0 Å². The zero-order valence-corrected chi connectivity index (χ0v) is 19.9. The number of hydrogen-bond acceptors (Lipinski definition) is 3. The van der Waals surface area contributed by atoms with Gasteiger partial charge in [-0.2, -0.15) is 13.2 Å². The summed E-state index contributed by atoms with van der Waals surface area (Å²) in [6, 6.07) is 14.7. The van der Waals surface area contributed by atoms with Gasteiger partial charge in [0.25, 0.3) is 5.91 Å². The molecule has 37 heavy (non-hydrogen) atoms. The van der Waals surface area contributed by atoms with Crippen LogP contribution >= 0.6 is 11.6 Å². The molecule has 3 aromatic carbocycles. The molecule has 0 bridgehead atoms. The first kappa shape index (κ1) is 26.5. The Morgan fingerprint density at radius 3 is 2.22 bits per heavy atom. The number of carbonyl (C=O) groups is 1. The molecule has 4 nitrogen and oxygen atoms in total. The van der Waals surface area contributed by atoms with E-state index in [0.29, 0.717) is 10.6 Å². The summed E-state index contributed by atoms with van der Waals surface area (Å²) in [5.74, 6) is -1.04. The normalized spacial score (nSPS) is 18.4. The molecule has 4 rings (SSSR count). The molecule has 0 aromatic heterocycles. The standard InChI is InChI=1S/C26H19ClF6N2O2/c1-15(16-5-9-19(27)10-6-16)34-22-14-23(17-3-2-4-21(13-17)37-26(31,32)33)35(24(22)36)20-11-7-18(8-12-20)25(28,29)30/h2-13,15,23H,14H2,1H3/t15-,23-/m1/s1. The van der Waals surface area contributed by atoms with Crippen molar-refractivity contribution in [3.8, 4) is 5.75 Å². The van der Waals surface area contributed by atoms with E-state index in [1.165, 1.54) is 17.0 Å². The van der Waals surface area contributed by atoms with Gasteiger partial charge in [-0.3, -0.25) is 14.7 Å². The van der Waals surface area contributed by atoms with Gasteiger partial charge in [0, 0.05) is 17.1 Å². The van der Waals surface area contributed by atoms with Crippen LogP contribution in [0.15, 0.2) is 77.8 Å². The molecule has 0 N–H and O–H groups in total. The van der Waals surface area contributed by atoms with Crippen LogP contribution in [-0.4, -0.2) is 18.0 Å². The second-order valence-electron chi connectivity index (χ2n) is 8.36. The average Bonchev–Trinajstić information content (AvgIpc) is 3.14. The molecule has 1 aliphatic rings. The van der Waals surface area contributed by atoms with Crippen molar-refractivity contribution in [2.45, 2.75) is 38.0 Å². The second kappa shape index (κ2) is 10.1. The minimum absolute atomic E-state index is 0.0211. The maximum absolute atomic E-state index is 13.4. The van der Waals surface area contributed by atoms with Crippen LogP contribution in [0.25, 0.3) is 0 Å². The molecule has 1 heterocycles. The third-order valence-electron chi connectivity index (χ3n) is 5.82. The van der Waals surface area contributed by atoms with E-state index in [1.807, 2.05) is 0 Å². The molecule has 1 saturated heterocycles. The molecule has 0 spiro atoms. The highest BCUT2D eigenvalue weighted by atomic mass is 35.5. The zero-order chi connectivity index (χ0) is 27.0. The fourth-order valence-electron chi connectivity index (χ4n) is 4.09. The quantitative estimate of drug-likeness (QED) is 0.308. The first-order valence-corrected chi connectivity index (χ1v) is 11.4. The Hall–Kier alpha value is -3.53. The molecule has 0 saturated carbocycles. The van der Waals surface area contributed by atoms with Crippen LogP contribution in [0.5, 0.6) is 5.75 Å². The van der Waals surface area contributed by atoms with Crippen LogP contribution in [0.1, 0.15) is 42.1 Å². The molecule has 11 heteroatoms. The monoisotopic (exact) mass is 540 g/mol. The van der Waals surface area contributed by atoms with Crippen LogP contribution in [0, 0.1) is 0 Å². The Balaban J connectivity index is 1.73. The van der Waals surface area contributed by atoms with Crippen molar-refractivity contribution in [2.24, 2.45) is 4.99 Å². The number of nitrogens with zero attached hydrogens (tertiary/aromatic N) is 2. The predicted octanol–water partition coefficient (Wildman–Crippen LogP) is 7.94. The van der Waals surface area contributed by atoms with E-state index < -0.39 is 41.8 Å². The average molecular weight is 541 g/mol.